The summed E-state index contributed by atoms with van der Waals surface area (Å²) in [5.41, 5.74) is -0.434. The lowest BCUT2D eigenvalue weighted by Crippen LogP contribution is -2.61. The van der Waals surface area contributed by atoms with E-state index < -0.39 is 22.9 Å². The van der Waals surface area contributed by atoms with Crippen molar-refractivity contribution in [2.45, 2.75) is 98.6 Å². The average molecular weight is 534 g/mol. The highest BCUT2D eigenvalue weighted by Crippen LogP contribution is 2.70. The fraction of sp³-hybridized carbons (Fsp3) is 0.719. The summed E-state index contributed by atoms with van der Waals surface area (Å²) in [6.45, 7) is 12.2. The minimum atomic E-state index is -0.787. The van der Waals surface area contributed by atoms with E-state index in [2.05, 4.69) is 44.0 Å². The van der Waals surface area contributed by atoms with Gasteiger partial charge in [-0.3, -0.25) is 9.59 Å². The van der Waals surface area contributed by atoms with Gasteiger partial charge in [0, 0.05) is 16.7 Å². The second kappa shape index (κ2) is 8.21. The van der Waals surface area contributed by atoms with E-state index in [1.807, 2.05) is 26.0 Å². The Hall–Kier alpha value is -2.62. The molecule has 6 rings (SSSR count). The Labute approximate surface area is 230 Å². The lowest BCUT2D eigenvalue weighted by molar-refractivity contribution is -0.142. The molecular formula is C32H40FN3O3. The van der Waals surface area contributed by atoms with Gasteiger partial charge < -0.3 is 4.42 Å². The van der Waals surface area contributed by atoms with Crippen LogP contribution in [0, 0.1) is 56.7 Å². The molecule has 0 amide bonds. The molecule has 1 aromatic rings. The number of halogens is 1. The van der Waals surface area contributed by atoms with Crippen LogP contribution in [0.5, 0.6) is 0 Å². The van der Waals surface area contributed by atoms with E-state index in [4.69, 9.17) is 4.42 Å². The van der Waals surface area contributed by atoms with Crippen LogP contribution in [0.1, 0.15) is 98.3 Å². The Morgan fingerprint density at radius 1 is 1.03 bits per heavy atom. The summed E-state index contributed by atoms with van der Waals surface area (Å²) < 4.78 is 19.3. The van der Waals surface area contributed by atoms with Crippen LogP contribution in [0.3, 0.4) is 0 Å². The van der Waals surface area contributed by atoms with E-state index in [9.17, 15) is 19.2 Å². The molecule has 6 nitrogen and oxygen atoms in total. The molecule has 1 heterocycles. The van der Waals surface area contributed by atoms with E-state index in [1.165, 1.54) is 0 Å². The molecule has 7 heteroatoms. The molecule has 0 aliphatic heterocycles. The molecule has 39 heavy (non-hydrogen) atoms. The molecule has 1 aromatic heterocycles. The highest BCUT2D eigenvalue weighted by Gasteiger charge is 2.66. The number of hydrogen-bond donors (Lipinski definition) is 0. The monoisotopic (exact) mass is 533 g/mol. The number of nitrogens with zero attached hydrogens (tertiary/aromatic N) is 3. The molecule has 3 saturated carbocycles. The van der Waals surface area contributed by atoms with Crippen LogP contribution < -0.4 is 0 Å². The summed E-state index contributed by atoms with van der Waals surface area (Å²) in [6, 6.07) is 2.17. The quantitative estimate of drug-likeness (QED) is 0.424. The molecule has 5 aliphatic carbocycles. The molecule has 3 fully saturated rings. The van der Waals surface area contributed by atoms with E-state index in [-0.39, 0.29) is 57.5 Å². The number of fused-ring (bicyclic) bond motifs is 7. The summed E-state index contributed by atoms with van der Waals surface area (Å²) in [7, 11) is 0. The molecule has 208 valence electrons. The molecule has 0 spiro atoms. The molecule has 0 aromatic carbocycles. The van der Waals surface area contributed by atoms with Crippen molar-refractivity contribution in [3.05, 3.63) is 35.1 Å². The van der Waals surface area contributed by atoms with Crippen molar-refractivity contribution in [1.82, 2.24) is 10.2 Å². The molecule has 0 bridgehead atoms. The van der Waals surface area contributed by atoms with Crippen LogP contribution >= 0.6 is 0 Å². The Balaban J connectivity index is 1.49. The van der Waals surface area contributed by atoms with Gasteiger partial charge in [-0.2, -0.15) is 5.26 Å². The SMILES string of the molecule is CC1(C)CCC2(c3nnc(CF)o3)CCC3C(C(=O)C=C4C5(C)C=C(C#N)C(=O)C(C)(C)C5CCC43C)C2C1. The molecule has 0 radical (unpaired) electrons. The van der Waals surface area contributed by atoms with Gasteiger partial charge in [-0.1, -0.05) is 53.2 Å². The molecule has 7 unspecified atom stereocenters. The zero-order chi connectivity index (χ0) is 28.2. The third-order valence-electron chi connectivity index (χ3n) is 12.1. The lowest BCUT2D eigenvalue weighted by Gasteiger charge is -2.64. The third-order valence-corrected chi connectivity index (χ3v) is 12.1. The van der Waals surface area contributed by atoms with E-state index >= 15 is 0 Å². The largest absolute Gasteiger partial charge is 0.422 e. The number of allylic oxidation sites excluding steroid dienone is 4. The normalized spacial score (nSPS) is 42.2. The van der Waals surface area contributed by atoms with Gasteiger partial charge in [0.25, 0.3) is 0 Å². The van der Waals surface area contributed by atoms with Gasteiger partial charge in [0.2, 0.25) is 11.8 Å². The summed E-state index contributed by atoms with van der Waals surface area (Å²) in [5.74, 6) is 0.622. The van der Waals surface area contributed by atoms with Gasteiger partial charge in [0.05, 0.1) is 11.0 Å². The van der Waals surface area contributed by atoms with Gasteiger partial charge in [-0.05, 0) is 79.6 Å². The van der Waals surface area contributed by atoms with Gasteiger partial charge in [-0.25, -0.2) is 4.39 Å². The Morgan fingerprint density at radius 3 is 2.44 bits per heavy atom. The topological polar surface area (TPSA) is 96.8 Å². The van der Waals surface area contributed by atoms with Crippen molar-refractivity contribution in [2.24, 2.45) is 45.3 Å². The average Bonchev–Trinajstić information content (AvgIpc) is 3.37. The fourth-order valence-electron chi connectivity index (χ4n) is 10.2. The van der Waals surface area contributed by atoms with E-state index in [1.54, 1.807) is 0 Å². The van der Waals surface area contributed by atoms with Gasteiger partial charge in [-0.15, -0.1) is 10.2 Å². The first-order valence-corrected chi connectivity index (χ1v) is 14.6. The number of Topliss-reactive ketones (excluding diaryl/α,β-unsaturated/α-hetero) is 1. The van der Waals surface area contributed by atoms with Crippen molar-refractivity contribution in [3.63, 3.8) is 0 Å². The Morgan fingerprint density at radius 2 is 1.77 bits per heavy atom. The van der Waals surface area contributed by atoms with Crippen LogP contribution in [0.25, 0.3) is 0 Å². The first-order chi connectivity index (χ1) is 18.2. The predicted octanol–water partition coefficient (Wildman–Crippen LogP) is 6.62. The molecule has 5 aliphatic rings. The summed E-state index contributed by atoms with van der Waals surface area (Å²) >= 11 is 0. The maximum absolute atomic E-state index is 14.4. The van der Waals surface area contributed by atoms with Crippen LogP contribution in [-0.4, -0.2) is 21.8 Å². The lowest BCUT2D eigenvalue weighted by atomic mass is 9.38. The summed E-state index contributed by atoms with van der Waals surface area (Å²) in [5, 5.41) is 18.2. The number of alkyl halides is 1. The predicted molar refractivity (Wildman–Crippen MR) is 143 cm³/mol. The first kappa shape index (κ1) is 26.6. The number of carbonyl (C=O) groups is 2. The second-order valence-electron chi connectivity index (χ2n) is 14.9. The third kappa shape index (κ3) is 3.42. The Bertz CT molecular complexity index is 1360. The van der Waals surface area contributed by atoms with Crippen molar-refractivity contribution in [3.8, 4) is 6.07 Å². The van der Waals surface area contributed by atoms with Crippen molar-refractivity contribution in [2.75, 3.05) is 0 Å². The number of ketones is 2. The van der Waals surface area contributed by atoms with Gasteiger partial charge in [0.15, 0.2) is 18.2 Å². The molecular weight excluding hydrogens is 493 g/mol. The first-order valence-electron chi connectivity index (χ1n) is 14.6. The van der Waals surface area contributed by atoms with Gasteiger partial charge in [0.1, 0.15) is 6.07 Å². The van der Waals surface area contributed by atoms with E-state index in [0.717, 1.165) is 50.5 Å². The Kier molecular flexibility index (Phi) is 5.60. The number of aromatic nitrogens is 2. The minimum Gasteiger partial charge on any atom is -0.422 e. The number of hydrogen-bond acceptors (Lipinski definition) is 6. The van der Waals surface area contributed by atoms with Crippen molar-refractivity contribution >= 4 is 11.6 Å². The number of nitriles is 1. The molecule has 7 atom stereocenters. The highest BCUT2D eigenvalue weighted by atomic mass is 19.1. The maximum atomic E-state index is 14.4. The molecule has 0 saturated heterocycles. The maximum Gasteiger partial charge on any atom is 0.247 e. The van der Waals surface area contributed by atoms with Crippen LogP contribution in [-0.2, 0) is 21.7 Å². The molecule has 0 N–H and O–H groups in total. The zero-order valence-corrected chi connectivity index (χ0v) is 24.1. The standard InChI is InChI=1S/C32H40FN3O3/c1-28(2)11-12-32(27-36-35-24(16-33)39-27)10-7-19-25(20(32)15-28)21(37)13-23-30(19,5)9-8-22-29(3,4)26(38)18(17-34)14-31(22,23)6/h13-14,19-20,22,25H,7-12,15-16H2,1-6H3. The number of rotatable bonds is 2. The van der Waals surface area contributed by atoms with Crippen LogP contribution in [0.2, 0.25) is 0 Å². The summed E-state index contributed by atoms with van der Waals surface area (Å²) in [6.07, 6.45) is 9.99. The van der Waals surface area contributed by atoms with Gasteiger partial charge >= 0.3 is 0 Å². The smallest absolute Gasteiger partial charge is 0.247 e. The minimum absolute atomic E-state index is 0.00925. The second-order valence-corrected chi connectivity index (χ2v) is 14.9. The summed E-state index contributed by atoms with van der Waals surface area (Å²) in [4.78, 5) is 27.6. The number of carbonyl (C=O) groups excluding carboxylic acids is 2. The van der Waals surface area contributed by atoms with Crippen molar-refractivity contribution < 1.29 is 18.4 Å². The van der Waals surface area contributed by atoms with Crippen molar-refractivity contribution in [1.29, 1.82) is 5.26 Å². The fourth-order valence-corrected chi connectivity index (χ4v) is 10.2. The van der Waals surface area contributed by atoms with Crippen LogP contribution in [0.15, 0.2) is 27.7 Å². The zero-order valence-electron chi connectivity index (χ0n) is 24.1. The highest BCUT2D eigenvalue weighted by molar-refractivity contribution is 6.04. The van der Waals surface area contributed by atoms with E-state index in [0.29, 0.717) is 5.89 Å². The van der Waals surface area contributed by atoms with Crippen LogP contribution in [0.4, 0.5) is 4.39 Å².